The lowest BCUT2D eigenvalue weighted by Crippen LogP contribution is -2.61. The number of aliphatic imine (C=N–C) groups is 1. The van der Waals surface area contributed by atoms with Crippen LogP contribution < -0.4 is 21.7 Å². The van der Waals surface area contributed by atoms with Crippen molar-refractivity contribution in [3.05, 3.63) is 42.1 Å². The number of thioether (sulfide) groups is 1. The first-order chi connectivity index (χ1) is 12.8. The van der Waals surface area contributed by atoms with Gasteiger partial charge in [-0.25, -0.2) is 4.99 Å². The van der Waals surface area contributed by atoms with Gasteiger partial charge in [0.25, 0.3) is 0 Å². The molecule has 1 aromatic rings. The number of nitrogens with one attached hydrogen (secondary N) is 3. The molecule has 0 amide bonds. The van der Waals surface area contributed by atoms with Gasteiger partial charge in [-0.05, 0) is 67.7 Å². The van der Waals surface area contributed by atoms with Crippen LogP contribution in [0.3, 0.4) is 0 Å². The van der Waals surface area contributed by atoms with Gasteiger partial charge in [0.05, 0.1) is 6.54 Å². The van der Waals surface area contributed by atoms with Crippen molar-refractivity contribution in [2.75, 3.05) is 13.1 Å². The van der Waals surface area contributed by atoms with Crippen LogP contribution in [0.1, 0.15) is 24.8 Å². The summed E-state index contributed by atoms with van der Waals surface area (Å²) in [4.78, 5) is 4.56. The Morgan fingerprint density at radius 3 is 2.70 bits per heavy atom. The number of piperidine rings is 1. The number of hydrogen-bond donors (Lipinski definition) is 4. The minimum Gasteiger partial charge on any atom is -0.335 e. The number of hydrogen-bond acceptors (Lipinski definition) is 4. The fourth-order valence-corrected chi connectivity index (χ4v) is 4.02. The molecule has 1 unspecified atom stereocenters. The molecular weight excluding hydrogens is 375 g/mol. The largest absolute Gasteiger partial charge is 0.446 e. The summed E-state index contributed by atoms with van der Waals surface area (Å²) in [5, 5.41) is 9.52. The summed E-state index contributed by atoms with van der Waals surface area (Å²) in [6.45, 7) is 2.13. The monoisotopic (exact) mass is 399 g/mol. The molecule has 5 N–H and O–H groups in total. The van der Waals surface area contributed by atoms with Gasteiger partial charge in [0.1, 0.15) is 5.66 Å². The Morgan fingerprint density at radius 1 is 1.22 bits per heavy atom. The van der Waals surface area contributed by atoms with Crippen LogP contribution in [-0.2, 0) is 6.54 Å². The van der Waals surface area contributed by atoms with Crippen LogP contribution in [0.15, 0.2) is 46.4 Å². The minimum atomic E-state index is -4.32. The Morgan fingerprint density at radius 2 is 1.96 bits per heavy atom. The van der Waals surface area contributed by atoms with Gasteiger partial charge in [-0.3, -0.25) is 0 Å². The summed E-state index contributed by atoms with van der Waals surface area (Å²) in [7, 11) is 0. The van der Waals surface area contributed by atoms with E-state index in [1.54, 1.807) is 24.4 Å². The molecule has 1 saturated heterocycles. The summed E-state index contributed by atoms with van der Waals surface area (Å²) in [5.41, 5.74) is 1.96. The quantitative estimate of drug-likeness (QED) is 0.573. The molecule has 148 valence electrons. The Hall–Kier alpha value is -1.71. The zero-order valence-corrected chi connectivity index (χ0v) is 15.7. The third kappa shape index (κ3) is 6.15. The second-order valence-corrected chi connectivity index (χ2v) is 7.97. The first kappa shape index (κ1) is 20.0. The van der Waals surface area contributed by atoms with Gasteiger partial charge in [-0.15, -0.1) is 0 Å². The van der Waals surface area contributed by atoms with Crippen LogP contribution in [-0.4, -0.2) is 30.2 Å². The van der Waals surface area contributed by atoms with Gasteiger partial charge in [0.2, 0.25) is 0 Å². The van der Waals surface area contributed by atoms with Crippen LogP contribution in [0.2, 0.25) is 0 Å². The highest BCUT2D eigenvalue weighted by Gasteiger charge is 2.31. The van der Waals surface area contributed by atoms with E-state index < -0.39 is 11.2 Å². The highest BCUT2D eigenvalue weighted by Crippen LogP contribution is 2.38. The maximum atomic E-state index is 12.7. The predicted molar refractivity (Wildman–Crippen MR) is 102 cm³/mol. The zero-order valence-electron chi connectivity index (χ0n) is 14.9. The average Bonchev–Trinajstić information content (AvgIpc) is 2.60. The normalized spacial score (nSPS) is 25.3. The molecule has 1 fully saturated rings. The first-order valence-corrected chi connectivity index (χ1v) is 9.75. The van der Waals surface area contributed by atoms with Crippen molar-refractivity contribution in [2.45, 2.75) is 41.9 Å². The smallest absolute Gasteiger partial charge is 0.335 e. The molecule has 9 heteroatoms. The Kier molecular flexibility index (Phi) is 6.33. The van der Waals surface area contributed by atoms with Crippen LogP contribution in [0.25, 0.3) is 0 Å². The van der Waals surface area contributed by atoms with Crippen molar-refractivity contribution < 1.29 is 13.2 Å². The van der Waals surface area contributed by atoms with Gasteiger partial charge >= 0.3 is 5.51 Å². The molecule has 0 aliphatic carbocycles. The molecule has 27 heavy (non-hydrogen) atoms. The molecule has 1 aromatic carbocycles. The van der Waals surface area contributed by atoms with E-state index in [0.717, 1.165) is 32.4 Å². The first-order valence-electron chi connectivity index (χ1n) is 8.93. The number of halogens is 3. The van der Waals surface area contributed by atoms with E-state index in [4.69, 9.17) is 5.73 Å². The molecule has 0 bridgehead atoms. The van der Waals surface area contributed by atoms with E-state index in [1.807, 2.05) is 6.08 Å². The lowest BCUT2D eigenvalue weighted by atomic mass is 9.87. The second kappa shape index (κ2) is 8.53. The lowest BCUT2D eigenvalue weighted by molar-refractivity contribution is -0.0328. The SMILES string of the molecule is NC1(CC2CCNCC2)C=CNC(=NCc2ccccc2SC(F)(F)F)N1. The highest BCUT2D eigenvalue weighted by molar-refractivity contribution is 8.00. The zero-order chi connectivity index (χ0) is 19.3. The lowest BCUT2D eigenvalue weighted by Gasteiger charge is -2.36. The summed E-state index contributed by atoms with van der Waals surface area (Å²) >= 11 is -0.118. The fourth-order valence-electron chi connectivity index (χ4n) is 3.36. The van der Waals surface area contributed by atoms with E-state index in [0.29, 0.717) is 17.4 Å². The Balaban J connectivity index is 1.65. The molecular formula is C18H24F3N5S. The molecule has 3 rings (SSSR count). The maximum absolute atomic E-state index is 12.7. The summed E-state index contributed by atoms with van der Waals surface area (Å²) in [5.74, 6) is 0.998. The molecule has 2 heterocycles. The van der Waals surface area contributed by atoms with E-state index in [1.165, 1.54) is 6.07 Å². The standard InChI is InChI=1S/C18H24F3N5S/c19-18(20,21)27-15-4-2-1-3-14(15)12-25-16-24-10-7-17(22,26-16)11-13-5-8-23-9-6-13/h1-4,7,10,13,23H,5-6,8-9,11-12,22H2,(H2,24,25,26). The van der Waals surface area contributed by atoms with E-state index in [9.17, 15) is 13.2 Å². The van der Waals surface area contributed by atoms with Gasteiger partial charge in [-0.1, -0.05) is 18.2 Å². The van der Waals surface area contributed by atoms with E-state index in [2.05, 4.69) is 20.9 Å². The van der Waals surface area contributed by atoms with Crippen LogP contribution in [0.4, 0.5) is 13.2 Å². The number of alkyl halides is 3. The maximum Gasteiger partial charge on any atom is 0.446 e. The van der Waals surface area contributed by atoms with E-state index in [-0.39, 0.29) is 23.2 Å². The van der Waals surface area contributed by atoms with Crippen LogP contribution >= 0.6 is 11.8 Å². The minimum absolute atomic E-state index is 0.118. The number of rotatable bonds is 5. The summed E-state index contributed by atoms with van der Waals surface area (Å²) in [6.07, 6.45) is 6.56. The van der Waals surface area contributed by atoms with E-state index >= 15 is 0 Å². The van der Waals surface area contributed by atoms with Gasteiger partial charge in [-0.2, -0.15) is 13.2 Å². The second-order valence-electron chi connectivity index (χ2n) is 6.86. The topological polar surface area (TPSA) is 74.5 Å². The van der Waals surface area contributed by atoms with Crippen LogP contribution in [0.5, 0.6) is 0 Å². The van der Waals surface area contributed by atoms with Crippen LogP contribution in [0, 0.1) is 5.92 Å². The molecule has 5 nitrogen and oxygen atoms in total. The highest BCUT2D eigenvalue weighted by atomic mass is 32.2. The molecule has 0 aromatic heterocycles. The predicted octanol–water partition coefficient (Wildman–Crippen LogP) is 2.91. The molecule has 0 saturated carbocycles. The van der Waals surface area contributed by atoms with Crippen molar-refractivity contribution in [1.29, 1.82) is 0 Å². The Labute approximate surface area is 161 Å². The average molecular weight is 399 g/mol. The van der Waals surface area contributed by atoms with Crippen molar-refractivity contribution >= 4 is 17.7 Å². The van der Waals surface area contributed by atoms with Crippen molar-refractivity contribution in [3.8, 4) is 0 Å². The number of guanidine groups is 1. The third-order valence-electron chi connectivity index (χ3n) is 4.64. The summed E-state index contributed by atoms with van der Waals surface area (Å²) < 4.78 is 38.1. The van der Waals surface area contributed by atoms with Gasteiger partial charge in [0, 0.05) is 11.1 Å². The number of nitrogens with zero attached hydrogens (tertiary/aromatic N) is 1. The Bertz CT molecular complexity index is 700. The molecule has 1 atom stereocenters. The molecule has 0 radical (unpaired) electrons. The molecule has 0 spiro atoms. The van der Waals surface area contributed by atoms with Crippen molar-refractivity contribution in [2.24, 2.45) is 16.6 Å². The summed E-state index contributed by atoms with van der Waals surface area (Å²) in [6, 6.07) is 6.41. The number of benzene rings is 1. The number of nitrogens with two attached hydrogens (primary N) is 1. The molecule has 2 aliphatic rings. The van der Waals surface area contributed by atoms with Crippen molar-refractivity contribution in [3.63, 3.8) is 0 Å². The fraction of sp³-hybridized carbons (Fsp3) is 0.500. The van der Waals surface area contributed by atoms with Gasteiger partial charge < -0.3 is 21.7 Å². The van der Waals surface area contributed by atoms with Crippen molar-refractivity contribution in [1.82, 2.24) is 16.0 Å². The third-order valence-corrected chi connectivity index (χ3v) is 5.49. The molecule has 2 aliphatic heterocycles. The van der Waals surface area contributed by atoms with Gasteiger partial charge in [0.15, 0.2) is 5.96 Å².